The van der Waals surface area contributed by atoms with Crippen molar-refractivity contribution in [2.45, 2.75) is 26.2 Å². The Morgan fingerprint density at radius 2 is 2.29 bits per heavy atom. The monoisotopic (exact) mass is 331 g/mol. The van der Waals surface area contributed by atoms with Crippen LogP contribution in [0, 0.1) is 5.92 Å². The highest BCUT2D eigenvalue weighted by Crippen LogP contribution is 2.32. The van der Waals surface area contributed by atoms with Gasteiger partial charge in [0.25, 0.3) is 0 Å². The van der Waals surface area contributed by atoms with Crippen molar-refractivity contribution >= 4 is 41.3 Å². The summed E-state index contributed by atoms with van der Waals surface area (Å²) in [4.78, 5) is 14.1. The number of amides is 1. The van der Waals surface area contributed by atoms with Gasteiger partial charge < -0.3 is 16.0 Å². The second-order valence-corrected chi connectivity index (χ2v) is 5.88. The van der Waals surface area contributed by atoms with Crippen molar-refractivity contribution in [2.75, 3.05) is 29.9 Å². The first-order chi connectivity index (χ1) is 9.60. The summed E-state index contributed by atoms with van der Waals surface area (Å²) in [6.07, 6.45) is 2.77. The molecular formula is C15H23Cl2N3O. The van der Waals surface area contributed by atoms with Crippen molar-refractivity contribution in [1.82, 2.24) is 0 Å². The molecule has 6 heteroatoms. The fraction of sp³-hybridized carbons (Fsp3) is 0.533. The molecule has 0 aliphatic carbocycles. The van der Waals surface area contributed by atoms with E-state index >= 15 is 0 Å². The van der Waals surface area contributed by atoms with E-state index in [9.17, 15) is 4.79 Å². The zero-order valence-electron chi connectivity index (χ0n) is 12.3. The number of hydrogen-bond acceptors (Lipinski definition) is 3. The number of carbonyl (C=O) groups is 1. The quantitative estimate of drug-likeness (QED) is 0.890. The Kier molecular flexibility index (Phi) is 7.29. The lowest BCUT2D eigenvalue weighted by molar-refractivity contribution is -0.116. The van der Waals surface area contributed by atoms with Crippen LogP contribution < -0.4 is 16.0 Å². The van der Waals surface area contributed by atoms with Crippen molar-refractivity contribution in [2.24, 2.45) is 11.7 Å². The zero-order chi connectivity index (χ0) is 14.5. The minimum atomic E-state index is -0.0684. The van der Waals surface area contributed by atoms with Crippen LogP contribution in [0.5, 0.6) is 0 Å². The lowest BCUT2D eigenvalue weighted by atomic mass is 9.99. The average Bonchev–Trinajstić information content (AvgIpc) is 2.39. The van der Waals surface area contributed by atoms with E-state index in [0.29, 0.717) is 23.9 Å². The van der Waals surface area contributed by atoms with Crippen molar-refractivity contribution in [3.63, 3.8) is 0 Å². The summed E-state index contributed by atoms with van der Waals surface area (Å²) in [5, 5.41) is 3.55. The molecule has 1 heterocycles. The second kappa shape index (κ2) is 8.47. The molecule has 1 aliphatic heterocycles. The molecule has 1 saturated heterocycles. The highest BCUT2D eigenvalue weighted by atomic mass is 35.5. The third-order valence-corrected chi connectivity index (χ3v) is 3.84. The molecule has 0 aromatic heterocycles. The number of halogens is 2. The molecule has 0 spiro atoms. The number of carbonyl (C=O) groups excluding carboxylic acids is 1. The van der Waals surface area contributed by atoms with Crippen LogP contribution in [0.1, 0.15) is 26.2 Å². The molecule has 3 N–H and O–H groups in total. The molecule has 0 saturated carbocycles. The minimum Gasteiger partial charge on any atom is -0.370 e. The van der Waals surface area contributed by atoms with Gasteiger partial charge in [-0.15, -0.1) is 12.4 Å². The summed E-state index contributed by atoms with van der Waals surface area (Å²) >= 11 is 6.05. The molecule has 118 valence electrons. The van der Waals surface area contributed by atoms with Crippen LogP contribution in [-0.2, 0) is 4.79 Å². The molecule has 0 radical (unpaired) electrons. The number of anilines is 2. The lowest BCUT2D eigenvalue weighted by Crippen LogP contribution is -2.35. The molecule has 1 aromatic rings. The molecule has 4 nitrogen and oxygen atoms in total. The maximum atomic E-state index is 11.8. The van der Waals surface area contributed by atoms with Gasteiger partial charge in [-0.2, -0.15) is 0 Å². The maximum Gasteiger partial charge on any atom is 0.225 e. The molecule has 1 aliphatic rings. The summed E-state index contributed by atoms with van der Waals surface area (Å²) < 4.78 is 0. The van der Waals surface area contributed by atoms with Crippen LogP contribution in [-0.4, -0.2) is 25.5 Å². The predicted octanol–water partition coefficient (Wildman–Crippen LogP) is 3.29. The van der Waals surface area contributed by atoms with E-state index in [-0.39, 0.29) is 18.3 Å². The van der Waals surface area contributed by atoms with Crippen molar-refractivity contribution < 1.29 is 4.79 Å². The maximum absolute atomic E-state index is 11.8. The molecular weight excluding hydrogens is 309 g/mol. The van der Waals surface area contributed by atoms with Gasteiger partial charge in [-0.1, -0.05) is 18.5 Å². The van der Waals surface area contributed by atoms with Crippen LogP contribution in [0.15, 0.2) is 18.2 Å². The second-order valence-electron chi connectivity index (χ2n) is 5.44. The zero-order valence-corrected chi connectivity index (χ0v) is 13.8. The standard InChI is InChI=1S/C15H22ClN3O.ClH/c1-11-3-2-8-19(10-11)14-5-4-12(16)9-13(14)18-15(20)6-7-17;/h4-5,9,11H,2-3,6-8,10,17H2,1H3,(H,18,20);1H. The molecule has 1 amide bonds. The lowest BCUT2D eigenvalue weighted by Gasteiger charge is -2.34. The van der Waals surface area contributed by atoms with E-state index in [0.717, 1.165) is 24.5 Å². The summed E-state index contributed by atoms with van der Waals surface area (Å²) in [6.45, 7) is 4.64. The van der Waals surface area contributed by atoms with Gasteiger partial charge in [0.05, 0.1) is 11.4 Å². The summed E-state index contributed by atoms with van der Waals surface area (Å²) in [7, 11) is 0. The molecule has 1 aromatic carbocycles. The summed E-state index contributed by atoms with van der Waals surface area (Å²) in [5.41, 5.74) is 7.24. The Hall–Kier alpha value is -0.970. The SMILES string of the molecule is CC1CCCN(c2ccc(Cl)cc2NC(=O)CCN)C1.Cl. The Labute approximate surface area is 137 Å². The number of nitrogens with zero attached hydrogens (tertiary/aromatic N) is 1. The Bertz CT molecular complexity index is 482. The van der Waals surface area contributed by atoms with E-state index in [4.69, 9.17) is 17.3 Å². The highest BCUT2D eigenvalue weighted by molar-refractivity contribution is 6.31. The predicted molar refractivity (Wildman–Crippen MR) is 91.6 cm³/mol. The smallest absolute Gasteiger partial charge is 0.225 e. The van der Waals surface area contributed by atoms with Crippen LogP contribution in [0.3, 0.4) is 0 Å². The van der Waals surface area contributed by atoms with Gasteiger partial charge in [-0.25, -0.2) is 0 Å². The van der Waals surface area contributed by atoms with E-state index < -0.39 is 0 Å². The number of rotatable bonds is 4. The number of hydrogen-bond donors (Lipinski definition) is 2. The number of benzene rings is 1. The van der Waals surface area contributed by atoms with Crippen LogP contribution in [0.2, 0.25) is 5.02 Å². The summed E-state index contributed by atoms with van der Waals surface area (Å²) in [5.74, 6) is 0.605. The van der Waals surface area contributed by atoms with Gasteiger partial charge in [-0.3, -0.25) is 4.79 Å². The van der Waals surface area contributed by atoms with Crippen LogP contribution >= 0.6 is 24.0 Å². The van der Waals surface area contributed by atoms with E-state index in [1.165, 1.54) is 12.8 Å². The molecule has 2 rings (SSSR count). The van der Waals surface area contributed by atoms with Crippen LogP contribution in [0.4, 0.5) is 11.4 Å². The van der Waals surface area contributed by atoms with Crippen molar-refractivity contribution in [3.8, 4) is 0 Å². The first-order valence-electron chi connectivity index (χ1n) is 7.14. The van der Waals surface area contributed by atoms with Gasteiger partial charge in [0.2, 0.25) is 5.91 Å². The Morgan fingerprint density at radius 3 is 2.95 bits per heavy atom. The number of nitrogens with one attached hydrogen (secondary N) is 1. The van der Waals surface area contributed by atoms with E-state index in [1.54, 1.807) is 0 Å². The van der Waals surface area contributed by atoms with Crippen molar-refractivity contribution in [1.29, 1.82) is 0 Å². The topological polar surface area (TPSA) is 58.4 Å². The van der Waals surface area contributed by atoms with Crippen molar-refractivity contribution in [3.05, 3.63) is 23.2 Å². The Balaban J connectivity index is 0.00000220. The largest absolute Gasteiger partial charge is 0.370 e. The van der Waals surface area contributed by atoms with Gasteiger partial charge in [0.1, 0.15) is 0 Å². The third kappa shape index (κ3) is 5.06. The normalized spacial score (nSPS) is 18.0. The fourth-order valence-corrected chi connectivity index (χ4v) is 2.81. The molecule has 1 fully saturated rings. The number of piperidine rings is 1. The minimum absolute atomic E-state index is 0. The van der Waals surface area contributed by atoms with E-state index in [2.05, 4.69) is 17.1 Å². The van der Waals surface area contributed by atoms with Gasteiger partial charge >= 0.3 is 0 Å². The van der Waals surface area contributed by atoms with Gasteiger partial charge in [0.15, 0.2) is 0 Å². The van der Waals surface area contributed by atoms with Gasteiger partial charge in [0, 0.05) is 31.1 Å². The molecule has 21 heavy (non-hydrogen) atoms. The summed E-state index contributed by atoms with van der Waals surface area (Å²) in [6, 6.07) is 5.66. The first-order valence-corrected chi connectivity index (χ1v) is 7.52. The average molecular weight is 332 g/mol. The fourth-order valence-electron chi connectivity index (χ4n) is 2.64. The molecule has 0 bridgehead atoms. The molecule has 1 unspecified atom stereocenters. The third-order valence-electron chi connectivity index (χ3n) is 3.60. The highest BCUT2D eigenvalue weighted by Gasteiger charge is 2.19. The Morgan fingerprint density at radius 1 is 1.52 bits per heavy atom. The first kappa shape index (κ1) is 18.1. The van der Waals surface area contributed by atoms with Gasteiger partial charge in [-0.05, 0) is 37.0 Å². The van der Waals surface area contributed by atoms with Crippen LogP contribution in [0.25, 0.3) is 0 Å². The number of nitrogens with two attached hydrogens (primary N) is 1. The molecule has 1 atom stereocenters. The van der Waals surface area contributed by atoms with E-state index in [1.807, 2.05) is 18.2 Å².